The highest BCUT2D eigenvalue weighted by molar-refractivity contribution is 7.98. The summed E-state index contributed by atoms with van der Waals surface area (Å²) in [7, 11) is 0. The highest BCUT2D eigenvalue weighted by Gasteiger charge is 2.10. The quantitative estimate of drug-likeness (QED) is 0.602. The highest BCUT2D eigenvalue weighted by Crippen LogP contribution is 2.25. The zero-order valence-electron chi connectivity index (χ0n) is 14.3. The summed E-state index contributed by atoms with van der Waals surface area (Å²) in [5.74, 6) is -0.0450. The second-order valence-electron chi connectivity index (χ2n) is 5.65. The monoisotopic (exact) mass is 368 g/mol. The van der Waals surface area contributed by atoms with Crippen LogP contribution in [0.15, 0.2) is 58.8 Å². The maximum Gasteiger partial charge on any atom is 0.230 e. The number of thiazole rings is 1. The van der Waals surface area contributed by atoms with Gasteiger partial charge in [0.15, 0.2) is 0 Å². The Bertz CT molecular complexity index is 856. The Balaban J connectivity index is 1.64. The molecule has 0 saturated heterocycles. The minimum atomic E-state index is -0.0450. The van der Waals surface area contributed by atoms with Crippen molar-refractivity contribution in [3.8, 4) is 10.6 Å². The van der Waals surface area contributed by atoms with Gasteiger partial charge in [-0.1, -0.05) is 37.3 Å². The third-order valence-corrected chi connectivity index (χ3v) is 5.52. The van der Waals surface area contributed by atoms with Crippen LogP contribution in [0.4, 0.5) is 5.69 Å². The number of thioether (sulfide) groups is 1. The van der Waals surface area contributed by atoms with E-state index in [1.807, 2.05) is 35.9 Å². The van der Waals surface area contributed by atoms with E-state index in [1.165, 1.54) is 5.56 Å². The van der Waals surface area contributed by atoms with Gasteiger partial charge < -0.3 is 5.32 Å². The van der Waals surface area contributed by atoms with Gasteiger partial charge in [-0.2, -0.15) is 0 Å². The molecule has 1 heterocycles. The number of rotatable bonds is 6. The van der Waals surface area contributed by atoms with Gasteiger partial charge in [0, 0.05) is 21.5 Å². The Morgan fingerprint density at radius 1 is 1.20 bits per heavy atom. The molecule has 0 bridgehead atoms. The maximum atomic E-state index is 12.3. The van der Waals surface area contributed by atoms with E-state index in [1.54, 1.807) is 23.1 Å². The van der Waals surface area contributed by atoms with Gasteiger partial charge in [-0.3, -0.25) is 4.79 Å². The number of nitrogens with one attached hydrogen (secondary N) is 1. The molecule has 0 fully saturated rings. The predicted octanol–water partition coefficient (Wildman–Crippen LogP) is 5.28. The molecule has 0 radical (unpaired) electrons. The summed E-state index contributed by atoms with van der Waals surface area (Å²) in [6.45, 7) is 2.14. The number of amides is 1. The largest absolute Gasteiger partial charge is 0.326 e. The molecule has 3 aromatic rings. The summed E-state index contributed by atoms with van der Waals surface area (Å²) in [4.78, 5) is 18.0. The van der Waals surface area contributed by atoms with Gasteiger partial charge in [0.2, 0.25) is 5.91 Å². The van der Waals surface area contributed by atoms with E-state index in [0.717, 1.165) is 33.3 Å². The molecule has 1 amide bonds. The molecule has 0 spiro atoms. The Hall–Kier alpha value is -2.11. The van der Waals surface area contributed by atoms with Gasteiger partial charge in [-0.15, -0.1) is 23.1 Å². The minimum absolute atomic E-state index is 0.0450. The first kappa shape index (κ1) is 17.7. The molecule has 0 unspecified atom stereocenters. The summed E-state index contributed by atoms with van der Waals surface area (Å²) in [5, 5.41) is 5.85. The molecular formula is C20H20N2OS2. The normalized spacial score (nSPS) is 10.6. The summed E-state index contributed by atoms with van der Waals surface area (Å²) in [6, 6.07) is 16.3. The average molecular weight is 369 g/mol. The fourth-order valence-corrected chi connectivity index (χ4v) is 3.76. The Kier molecular flexibility index (Phi) is 5.89. The first-order valence-electron chi connectivity index (χ1n) is 8.15. The van der Waals surface area contributed by atoms with Crippen LogP contribution in [0.1, 0.15) is 18.2 Å². The Labute approximate surface area is 156 Å². The molecule has 3 rings (SSSR count). The standard InChI is InChI=1S/C20H20N2OS2/c1-3-14-7-9-15(10-8-14)20-22-17(13-25-20)12-19(23)21-16-5-4-6-18(11-16)24-2/h4-11,13H,3,12H2,1-2H3,(H,21,23). The van der Waals surface area contributed by atoms with Crippen LogP contribution in [0.5, 0.6) is 0 Å². The highest BCUT2D eigenvalue weighted by atomic mass is 32.2. The summed E-state index contributed by atoms with van der Waals surface area (Å²) in [6.07, 6.45) is 3.33. The molecule has 128 valence electrons. The van der Waals surface area contributed by atoms with E-state index in [2.05, 4.69) is 41.5 Å². The second kappa shape index (κ2) is 8.32. The molecule has 5 heteroatoms. The molecule has 0 aliphatic heterocycles. The lowest BCUT2D eigenvalue weighted by atomic mass is 10.1. The number of carbonyl (C=O) groups excluding carboxylic acids is 1. The third kappa shape index (κ3) is 4.71. The zero-order chi connectivity index (χ0) is 17.6. The second-order valence-corrected chi connectivity index (χ2v) is 7.39. The average Bonchev–Trinajstić information content (AvgIpc) is 3.10. The fourth-order valence-electron chi connectivity index (χ4n) is 2.47. The summed E-state index contributed by atoms with van der Waals surface area (Å²) in [5.41, 5.74) is 4.04. The van der Waals surface area contributed by atoms with Gasteiger partial charge in [-0.25, -0.2) is 4.98 Å². The van der Waals surface area contributed by atoms with Crippen LogP contribution >= 0.6 is 23.1 Å². The number of carbonyl (C=O) groups is 1. The van der Waals surface area contributed by atoms with Crippen LogP contribution in [0.25, 0.3) is 10.6 Å². The fraction of sp³-hybridized carbons (Fsp3) is 0.200. The molecule has 25 heavy (non-hydrogen) atoms. The van der Waals surface area contributed by atoms with E-state index in [-0.39, 0.29) is 12.3 Å². The number of aromatic nitrogens is 1. The van der Waals surface area contributed by atoms with Crippen LogP contribution in [0.3, 0.4) is 0 Å². The SMILES string of the molecule is CCc1ccc(-c2nc(CC(=O)Nc3cccc(SC)c3)cs2)cc1. The lowest BCUT2D eigenvalue weighted by molar-refractivity contribution is -0.115. The lowest BCUT2D eigenvalue weighted by Crippen LogP contribution is -2.14. The van der Waals surface area contributed by atoms with Crippen molar-refractivity contribution in [1.82, 2.24) is 4.98 Å². The molecule has 2 aromatic carbocycles. The molecule has 1 aromatic heterocycles. The van der Waals surface area contributed by atoms with Crippen LogP contribution in [-0.4, -0.2) is 17.1 Å². The van der Waals surface area contributed by atoms with Gasteiger partial charge >= 0.3 is 0 Å². The summed E-state index contributed by atoms with van der Waals surface area (Å²) < 4.78 is 0. The number of nitrogens with zero attached hydrogens (tertiary/aromatic N) is 1. The van der Waals surface area contributed by atoms with Gasteiger partial charge in [0.1, 0.15) is 5.01 Å². The number of hydrogen-bond acceptors (Lipinski definition) is 4. The van der Waals surface area contributed by atoms with Crippen molar-refractivity contribution in [3.63, 3.8) is 0 Å². The van der Waals surface area contributed by atoms with Crippen LogP contribution in [-0.2, 0) is 17.6 Å². The van der Waals surface area contributed by atoms with Crippen molar-refractivity contribution in [2.45, 2.75) is 24.7 Å². The number of aryl methyl sites for hydroxylation is 1. The summed E-state index contributed by atoms with van der Waals surface area (Å²) >= 11 is 3.23. The van der Waals surface area contributed by atoms with E-state index in [4.69, 9.17) is 0 Å². The van der Waals surface area contributed by atoms with Gasteiger partial charge in [0.05, 0.1) is 12.1 Å². The maximum absolute atomic E-state index is 12.3. The molecule has 0 atom stereocenters. The van der Waals surface area contributed by atoms with Crippen LogP contribution < -0.4 is 5.32 Å². The Morgan fingerprint density at radius 2 is 2.00 bits per heavy atom. The van der Waals surface area contributed by atoms with E-state index in [9.17, 15) is 4.79 Å². The smallest absolute Gasteiger partial charge is 0.230 e. The van der Waals surface area contributed by atoms with Crippen molar-refractivity contribution >= 4 is 34.7 Å². The lowest BCUT2D eigenvalue weighted by Gasteiger charge is -2.05. The van der Waals surface area contributed by atoms with Crippen LogP contribution in [0, 0.1) is 0 Å². The van der Waals surface area contributed by atoms with Crippen molar-refractivity contribution in [2.75, 3.05) is 11.6 Å². The molecule has 0 saturated carbocycles. The van der Waals surface area contributed by atoms with Crippen molar-refractivity contribution in [1.29, 1.82) is 0 Å². The molecule has 1 N–H and O–H groups in total. The predicted molar refractivity (Wildman–Crippen MR) is 107 cm³/mol. The van der Waals surface area contributed by atoms with Crippen molar-refractivity contribution in [3.05, 3.63) is 65.2 Å². The topological polar surface area (TPSA) is 42.0 Å². The van der Waals surface area contributed by atoms with Crippen LogP contribution in [0.2, 0.25) is 0 Å². The number of hydrogen-bond donors (Lipinski definition) is 1. The minimum Gasteiger partial charge on any atom is -0.326 e. The zero-order valence-corrected chi connectivity index (χ0v) is 15.9. The number of anilines is 1. The van der Waals surface area contributed by atoms with Crippen molar-refractivity contribution < 1.29 is 4.79 Å². The van der Waals surface area contributed by atoms with E-state index in [0.29, 0.717) is 0 Å². The van der Waals surface area contributed by atoms with Gasteiger partial charge in [-0.05, 0) is 36.4 Å². The third-order valence-electron chi connectivity index (χ3n) is 3.86. The Morgan fingerprint density at radius 3 is 2.72 bits per heavy atom. The molecule has 3 nitrogen and oxygen atoms in total. The molecule has 0 aliphatic carbocycles. The first-order chi connectivity index (χ1) is 12.2. The molecular weight excluding hydrogens is 348 g/mol. The van der Waals surface area contributed by atoms with E-state index < -0.39 is 0 Å². The molecule has 0 aliphatic rings. The first-order valence-corrected chi connectivity index (χ1v) is 10.3. The van der Waals surface area contributed by atoms with E-state index >= 15 is 0 Å². The number of benzene rings is 2. The van der Waals surface area contributed by atoms with Gasteiger partial charge in [0.25, 0.3) is 0 Å². The van der Waals surface area contributed by atoms with Crippen molar-refractivity contribution in [2.24, 2.45) is 0 Å².